The molecule has 6 heteroatoms. The molecule has 1 fully saturated rings. The van der Waals surface area contributed by atoms with Crippen LogP contribution in [0, 0.1) is 0 Å². The van der Waals surface area contributed by atoms with Gasteiger partial charge < -0.3 is 14.7 Å². The Balaban J connectivity index is 2.02. The summed E-state index contributed by atoms with van der Waals surface area (Å²) in [5.41, 5.74) is 0.987. The summed E-state index contributed by atoms with van der Waals surface area (Å²) in [6, 6.07) is 6.75. The van der Waals surface area contributed by atoms with Gasteiger partial charge in [0.25, 0.3) is 0 Å². The Morgan fingerprint density at radius 3 is 2.60 bits per heavy atom. The Hall–Kier alpha value is -2.08. The number of carboxylic acid groups (broad SMARTS) is 1. The lowest BCUT2D eigenvalue weighted by Gasteiger charge is -2.37. The van der Waals surface area contributed by atoms with Gasteiger partial charge in [0.05, 0.1) is 20.2 Å². The number of benzene rings is 1. The quantitative estimate of drug-likeness (QED) is 0.881. The van der Waals surface area contributed by atoms with Crippen LogP contribution in [0.5, 0.6) is 5.75 Å². The fraction of sp³-hybridized carbons (Fsp3) is 0.429. The van der Waals surface area contributed by atoms with E-state index in [1.165, 1.54) is 0 Å². The second-order valence-corrected chi connectivity index (χ2v) is 4.90. The number of likely N-dealkylation sites (N-methyl/N-ethyl adjacent to an activating group) is 1. The molecule has 0 aromatic heterocycles. The normalized spacial score (nSPS) is 20.0. The van der Waals surface area contributed by atoms with Gasteiger partial charge in [-0.25, -0.2) is 0 Å². The van der Waals surface area contributed by atoms with Crippen molar-refractivity contribution in [3.8, 4) is 5.75 Å². The van der Waals surface area contributed by atoms with Crippen LogP contribution < -0.4 is 4.74 Å². The summed E-state index contributed by atoms with van der Waals surface area (Å²) < 4.78 is 5.08. The van der Waals surface area contributed by atoms with Crippen molar-refractivity contribution in [2.45, 2.75) is 19.0 Å². The van der Waals surface area contributed by atoms with E-state index in [1.807, 2.05) is 24.3 Å². The van der Waals surface area contributed by atoms with Gasteiger partial charge in [-0.3, -0.25) is 14.5 Å². The standard InChI is InChI=1S/C14H18N2O4/c1-15-9-16(13(17)7-12(15)14(18)19)8-10-3-5-11(20-2)6-4-10/h3-6,12H,7-9H2,1-2H3,(H,18,19). The van der Waals surface area contributed by atoms with E-state index in [1.54, 1.807) is 24.0 Å². The number of methoxy groups -OCH3 is 1. The molecule has 1 atom stereocenters. The third-order valence-electron chi connectivity index (χ3n) is 3.46. The lowest BCUT2D eigenvalue weighted by molar-refractivity contribution is -0.154. The average Bonchev–Trinajstić information content (AvgIpc) is 2.43. The smallest absolute Gasteiger partial charge is 0.321 e. The third-order valence-corrected chi connectivity index (χ3v) is 3.46. The molecule has 108 valence electrons. The maximum Gasteiger partial charge on any atom is 0.321 e. The van der Waals surface area contributed by atoms with Crippen molar-refractivity contribution in [2.24, 2.45) is 0 Å². The van der Waals surface area contributed by atoms with Crippen LogP contribution >= 0.6 is 0 Å². The van der Waals surface area contributed by atoms with Crippen LogP contribution in [-0.2, 0) is 16.1 Å². The van der Waals surface area contributed by atoms with Crippen LogP contribution in [0.15, 0.2) is 24.3 Å². The molecule has 1 unspecified atom stereocenters. The number of hydrogen-bond donors (Lipinski definition) is 1. The molecule has 1 aromatic rings. The highest BCUT2D eigenvalue weighted by Gasteiger charge is 2.34. The zero-order chi connectivity index (χ0) is 14.7. The molecule has 1 aliphatic heterocycles. The van der Waals surface area contributed by atoms with E-state index >= 15 is 0 Å². The first-order valence-electron chi connectivity index (χ1n) is 6.35. The van der Waals surface area contributed by atoms with E-state index < -0.39 is 12.0 Å². The van der Waals surface area contributed by atoms with Gasteiger partial charge in [-0.05, 0) is 24.7 Å². The minimum absolute atomic E-state index is 0.0159. The van der Waals surface area contributed by atoms with Gasteiger partial charge >= 0.3 is 5.97 Å². The van der Waals surface area contributed by atoms with E-state index in [4.69, 9.17) is 9.84 Å². The number of nitrogens with zero attached hydrogens (tertiary/aromatic N) is 2. The first-order valence-corrected chi connectivity index (χ1v) is 6.35. The highest BCUT2D eigenvalue weighted by Crippen LogP contribution is 2.18. The Kier molecular flexibility index (Phi) is 4.24. The van der Waals surface area contributed by atoms with E-state index in [2.05, 4.69) is 0 Å². The summed E-state index contributed by atoms with van der Waals surface area (Å²) in [6.07, 6.45) is 0.0159. The molecule has 1 saturated heterocycles. The topological polar surface area (TPSA) is 70.1 Å². The van der Waals surface area contributed by atoms with Crippen molar-refractivity contribution < 1.29 is 19.4 Å². The number of carbonyl (C=O) groups excluding carboxylic acids is 1. The molecule has 1 aliphatic rings. The molecule has 1 aromatic carbocycles. The number of aliphatic carboxylic acids is 1. The number of rotatable bonds is 4. The maximum atomic E-state index is 12.0. The largest absolute Gasteiger partial charge is 0.497 e. The first-order chi connectivity index (χ1) is 9.51. The highest BCUT2D eigenvalue weighted by atomic mass is 16.5. The van der Waals surface area contributed by atoms with Gasteiger partial charge in [0.2, 0.25) is 5.91 Å². The van der Waals surface area contributed by atoms with Gasteiger partial charge in [-0.2, -0.15) is 0 Å². The minimum atomic E-state index is -0.954. The summed E-state index contributed by atoms with van der Waals surface area (Å²) in [5.74, 6) is -0.321. The predicted molar refractivity (Wildman–Crippen MR) is 72.2 cm³/mol. The lowest BCUT2D eigenvalue weighted by atomic mass is 10.1. The van der Waals surface area contributed by atoms with E-state index in [9.17, 15) is 9.59 Å². The zero-order valence-corrected chi connectivity index (χ0v) is 11.6. The van der Waals surface area contributed by atoms with Crippen LogP contribution in [-0.4, -0.2) is 53.7 Å². The summed E-state index contributed by atoms with van der Waals surface area (Å²) >= 11 is 0. The van der Waals surface area contributed by atoms with Crippen molar-refractivity contribution in [1.82, 2.24) is 9.80 Å². The lowest BCUT2D eigenvalue weighted by Crippen LogP contribution is -2.54. The Labute approximate surface area is 117 Å². The molecular weight excluding hydrogens is 260 g/mol. The summed E-state index contributed by atoms with van der Waals surface area (Å²) in [7, 11) is 3.32. The molecule has 0 saturated carbocycles. The van der Waals surface area contributed by atoms with Gasteiger partial charge in [0, 0.05) is 6.54 Å². The van der Waals surface area contributed by atoms with Crippen LogP contribution in [0.1, 0.15) is 12.0 Å². The van der Waals surface area contributed by atoms with Gasteiger partial charge in [0.15, 0.2) is 0 Å². The number of amides is 1. The van der Waals surface area contributed by atoms with Crippen molar-refractivity contribution in [2.75, 3.05) is 20.8 Å². The van der Waals surface area contributed by atoms with E-state index in [0.29, 0.717) is 13.2 Å². The van der Waals surface area contributed by atoms with Crippen molar-refractivity contribution in [3.05, 3.63) is 29.8 Å². The van der Waals surface area contributed by atoms with Crippen LogP contribution in [0.2, 0.25) is 0 Å². The molecule has 1 N–H and O–H groups in total. The third kappa shape index (κ3) is 3.08. The monoisotopic (exact) mass is 278 g/mol. The molecule has 1 heterocycles. The van der Waals surface area contributed by atoms with Crippen molar-refractivity contribution >= 4 is 11.9 Å². The zero-order valence-electron chi connectivity index (χ0n) is 11.6. The fourth-order valence-electron chi connectivity index (χ4n) is 2.26. The number of ether oxygens (including phenoxy) is 1. The van der Waals surface area contributed by atoms with Gasteiger partial charge in [0.1, 0.15) is 11.8 Å². The van der Waals surface area contributed by atoms with E-state index in [-0.39, 0.29) is 12.3 Å². The van der Waals surface area contributed by atoms with Gasteiger partial charge in [-0.1, -0.05) is 12.1 Å². The Bertz CT molecular complexity index is 500. The van der Waals surface area contributed by atoms with E-state index in [0.717, 1.165) is 11.3 Å². The fourth-order valence-corrected chi connectivity index (χ4v) is 2.26. The Morgan fingerprint density at radius 1 is 1.40 bits per heavy atom. The molecule has 1 amide bonds. The minimum Gasteiger partial charge on any atom is -0.497 e. The van der Waals surface area contributed by atoms with Crippen molar-refractivity contribution in [3.63, 3.8) is 0 Å². The van der Waals surface area contributed by atoms with Crippen LogP contribution in [0.4, 0.5) is 0 Å². The molecule has 0 radical (unpaired) electrons. The summed E-state index contributed by atoms with van der Waals surface area (Å²) in [6.45, 7) is 0.793. The highest BCUT2D eigenvalue weighted by molar-refractivity contribution is 5.85. The van der Waals surface area contributed by atoms with Crippen LogP contribution in [0.3, 0.4) is 0 Å². The molecule has 0 bridgehead atoms. The average molecular weight is 278 g/mol. The molecule has 2 rings (SSSR count). The van der Waals surface area contributed by atoms with Crippen LogP contribution in [0.25, 0.3) is 0 Å². The molecule has 6 nitrogen and oxygen atoms in total. The molecule has 0 aliphatic carbocycles. The number of carboxylic acids is 1. The first kappa shape index (κ1) is 14.3. The molecular formula is C14H18N2O4. The van der Waals surface area contributed by atoms with Crippen molar-refractivity contribution in [1.29, 1.82) is 0 Å². The summed E-state index contributed by atoms with van der Waals surface area (Å²) in [4.78, 5) is 26.3. The molecule has 20 heavy (non-hydrogen) atoms. The predicted octanol–water partition coefficient (Wildman–Crippen LogP) is 0.770. The Morgan fingerprint density at radius 2 is 2.05 bits per heavy atom. The second kappa shape index (κ2) is 5.92. The maximum absolute atomic E-state index is 12.0. The number of hydrogen-bond acceptors (Lipinski definition) is 4. The second-order valence-electron chi connectivity index (χ2n) is 4.90. The SMILES string of the molecule is COc1ccc(CN2CN(C)C(C(=O)O)CC2=O)cc1. The number of carbonyl (C=O) groups is 2. The van der Waals surface area contributed by atoms with Gasteiger partial charge in [-0.15, -0.1) is 0 Å². The molecule has 0 spiro atoms. The summed E-state index contributed by atoms with van der Waals surface area (Å²) in [5, 5.41) is 9.03.